The molecule has 3 rings (SSSR count). The first-order chi connectivity index (χ1) is 16.9. The normalized spacial score (nSPS) is 10.7. The van der Waals surface area contributed by atoms with E-state index >= 15 is 0 Å². The molecule has 35 heavy (non-hydrogen) atoms. The second kappa shape index (κ2) is 11.5. The Hall–Kier alpha value is -4.61. The largest absolute Gasteiger partial charge is 0.481 e. The maximum Gasteiger partial charge on any atom is 0.343 e. The minimum absolute atomic E-state index is 0.0649. The molecule has 0 bridgehead atoms. The number of allylic oxidation sites excluding steroid dienone is 1. The molecule has 0 aliphatic heterocycles. The molecule has 0 saturated carbocycles. The molecule has 0 unspecified atom stereocenters. The topological polar surface area (TPSA) is 144 Å². The Kier molecular flexibility index (Phi) is 8.22. The Balaban J connectivity index is 2.15. The van der Waals surface area contributed by atoms with Gasteiger partial charge in [-0.15, -0.1) is 0 Å². The third kappa shape index (κ3) is 6.05. The summed E-state index contributed by atoms with van der Waals surface area (Å²) in [6, 6.07) is 5.62. The molecule has 3 aromatic rings. The van der Waals surface area contributed by atoms with Crippen LogP contribution in [0.5, 0.6) is 47.0 Å². The summed E-state index contributed by atoms with van der Waals surface area (Å²) in [6.07, 6.45) is 4.27. The fourth-order valence-electron chi connectivity index (χ4n) is 2.82. The molecule has 0 radical (unpaired) electrons. The van der Waals surface area contributed by atoms with Gasteiger partial charge in [-0.3, -0.25) is 0 Å². The highest BCUT2D eigenvalue weighted by atomic mass is 16.5. The van der Waals surface area contributed by atoms with E-state index in [1.54, 1.807) is 12.1 Å². The van der Waals surface area contributed by atoms with E-state index in [4.69, 9.17) is 28.4 Å². The predicted molar refractivity (Wildman–Crippen MR) is 123 cm³/mol. The zero-order valence-electron chi connectivity index (χ0n) is 19.8. The standard InChI is InChI=1S/C23H24N4O8/c1-6-7-8-13-9-10-14(34-22-24-15(30-2)11-16(25-22)31-3)19(21(28)29)20(13)35-23-26-17(32-4)12-18(27-23)33-5/h7-12H,6H2,1-5H3,(H,28,29). The molecule has 1 aromatic carbocycles. The van der Waals surface area contributed by atoms with Gasteiger partial charge in [-0.1, -0.05) is 19.1 Å². The van der Waals surface area contributed by atoms with Crippen molar-refractivity contribution < 1.29 is 38.3 Å². The molecule has 184 valence electrons. The van der Waals surface area contributed by atoms with Crippen LogP contribution >= 0.6 is 0 Å². The van der Waals surface area contributed by atoms with E-state index in [9.17, 15) is 9.90 Å². The van der Waals surface area contributed by atoms with Gasteiger partial charge in [-0.25, -0.2) is 4.79 Å². The van der Waals surface area contributed by atoms with Crippen LogP contribution in [0.4, 0.5) is 0 Å². The van der Waals surface area contributed by atoms with Crippen LogP contribution in [0.2, 0.25) is 0 Å². The van der Waals surface area contributed by atoms with Gasteiger partial charge in [0.2, 0.25) is 23.5 Å². The number of rotatable bonds is 11. The van der Waals surface area contributed by atoms with Crippen molar-refractivity contribution >= 4 is 12.0 Å². The lowest BCUT2D eigenvalue weighted by atomic mass is 10.1. The van der Waals surface area contributed by atoms with E-state index in [0.717, 1.165) is 0 Å². The molecule has 0 spiro atoms. The lowest BCUT2D eigenvalue weighted by molar-refractivity contribution is 0.0691. The Bertz CT molecular complexity index is 1190. The number of methoxy groups -OCH3 is 4. The van der Waals surface area contributed by atoms with Crippen molar-refractivity contribution in [1.82, 2.24) is 19.9 Å². The number of hydrogen-bond donors (Lipinski definition) is 1. The van der Waals surface area contributed by atoms with Crippen LogP contribution in [0.25, 0.3) is 6.08 Å². The molecule has 12 nitrogen and oxygen atoms in total. The summed E-state index contributed by atoms with van der Waals surface area (Å²) in [7, 11) is 5.66. The Morgan fingerprint density at radius 1 is 0.829 bits per heavy atom. The minimum atomic E-state index is -1.33. The Labute approximate surface area is 201 Å². The Morgan fingerprint density at radius 3 is 1.74 bits per heavy atom. The summed E-state index contributed by atoms with van der Waals surface area (Å²) >= 11 is 0. The number of benzene rings is 1. The fraction of sp³-hybridized carbons (Fsp3) is 0.261. The second-order valence-corrected chi connectivity index (χ2v) is 6.65. The van der Waals surface area contributed by atoms with Gasteiger partial charge in [0.1, 0.15) is 11.3 Å². The first-order valence-electron chi connectivity index (χ1n) is 10.3. The molecule has 0 fully saturated rings. The molecule has 0 amide bonds. The zero-order valence-corrected chi connectivity index (χ0v) is 19.8. The van der Waals surface area contributed by atoms with Crippen molar-refractivity contribution in [3.8, 4) is 47.0 Å². The van der Waals surface area contributed by atoms with Gasteiger partial charge in [0.25, 0.3) is 0 Å². The molecule has 2 aromatic heterocycles. The smallest absolute Gasteiger partial charge is 0.343 e. The van der Waals surface area contributed by atoms with Crippen molar-refractivity contribution in [3.63, 3.8) is 0 Å². The number of ether oxygens (including phenoxy) is 6. The molecule has 2 heterocycles. The van der Waals surface area contributed by atoms with E-state index < -0.39 is 5.97 Å². The quantitative estimate of drug-likeness (QED) is 0.420. The van der Waals surface area contributed by atoms with Gasteiger partial charge in [-0.05, 0) is 18.6 Å². The third-order valence-electron chi connectivity index (χ3n) is 4.45. The van der Waals surface area contributed by atoms with Crippen LogP contribution in [-0.4, -0.2) is 59.5 Å². The Morgan fingerprint density at radius 2 is 1.31 bits per heavy atom. The van der Waals surface area contributed by atoms with Crippen LogP contribution in [0.15, 0.2) is 30.3 Å². The molecule has 0 aliphatic rings. The highest BCUT2D eigenvalue weighted by molar-refractivity contribution is 5.96. The van der Waals surface area contributed by atoms with Crippen molar-refractivity contribution in [2.45, 2.75) is 13.3 Å². The van der Waals surface area contributed by atoms with Crippen LogP contribution < -0.4 is 28.4 Å². The third-order valence-corrected chi connectivity index (χ3v) is 4.45. The van der Waals surface area contributed by atoms with E-state index in [1.165, 1.54) is 46.6 Å². The fourth-order valence-corrected chi connectivity index (χ4v) is 2.82. The van der Waals surface area contributed by atoms with E-state index in [1.807, 2.05) is 13.0 Å². The summed E-state index contributed by atoms with van der Waals surface area (Å²) in [4.78, 5) is 28.8. The van der Waals surface area contributed by atoms with Gasteiger partial charge in [0.05, 0.1) is 40.6 Å². The average Bonchev–Trinajstić information content (AvgIpc) is 2.87. The van der Waals surface area contributed by atoms with Crippen LogP contribution in [0.3, 0.4) is 0 Å². The number of carboxylic acid groups (broad SMARTS) is 1. The van der Waals surface area contributed by atoms with Gasteiger partial charge in [0.15, 0.2) is 5.75 Å². The van der Waals surface area contributed by atoms with Crippen molar-refractivity contribution in [3.05, 3.63) is 41.5 Å². The van der Waals surface area contributed by atoms with Gasteiger partial charge < -0.3 is 33.5 Å². The summed E-state index contributed by atoms with van der Waals surface area (Å²) in [5.74, 6) is -0.820. The average molecular weight is 484 g/mol. The summed E-state index contributed by atoms with van der Waals surface area (Å²) in [6.45, 7) is 1.94. The van der Waals surface area contributed by atoms with Gasteiger partial charge in [0, 0.05) is 5.56 Å². The van der Waals surface area contributed by atoms with Crippen molar-refractivity contribution in [2.24, 2.45) is 0 Å². The lowest BCUT2D eigenvalue weighted by Crippen LogP contribution is -2.07. The summed E-state index contributed by atoms with van der Waals surface area (Å²) in [5.41, 5.74) is 0.144. The first kappa shape index (κ1) is 25.0. The van der Waals surface area contributed by atoms with Crippen LogP contribution in [0, 0.1) is 0 Å². The van der Waals surface area contributed by atoms with E-state index in [0.29, 0.717) is 12.0 Å². The molecular formula is C23H24N4O8. The predicted octanol–water partition coefficient (Wildman–Crippen LogP) is 4.01. The molecule has 12 heteroatoms. The lowest BCUT2D eigenvalue weighted by Gasteiger charge is -2.15. The van der Waals surface area contributed by atoms with E-state index in [2.05, 4.69) is 19.9 Å². The van der Waals surface area contributed by atoms with Gasteiger partial charge in [-0.2, -0.15) is 19.9 Å². The second-order valence-electron chi connectivity index (χ2n) is 6.65. The SMILES string of the molecule is CCC=Cc1ccc(Oc2nc(OC)cc(OC)n2)c(C(=O)O)c1Oc1nc(OC)cc(OC)n1. The van der Waals surface area contributed by atoms with Gasteiger partial charge >= 0.3 is 18.0 Å². The molecule has 1 N–H and O–H groups in total. The number of nitrogens with zero attached hydrogens (tertiary/aromatic N) is 4. The number of aromatic nitrogens is 4. The van der Waals surface area contributed by atoms with Crippen LogP contribution in [-0.2, 0) is 0 Å². The van der Waals surface area contributed by atoms with Crippen molar-refractivity contribution in [1.29, 1.82) is 0 Å². The molecular weight excluding hydrogens is 460 g/mol. The minimum Gasteiger partial charge on any atom is -0.481 e. The van der Waals surface area contributed by atoms with Crippen molar-refractivity contribution in [2.75, 3.05) is 28.4 Å². The monoisotopic (exact) mass is 484 g/mol. The maximum atomic E-state index is 12.4. The zero-order chi connectivity index (χ0) is 25.4. The number of carbonyl (C=O) groups is 1. The highest BCUT2D eigenvalue weighted by Crippen LogP contribution is 2.38. The maximum absolute atomic E-state index is 12.4. The number of aromatic carboxylic acids is 1. The number of hydrogen-bond acceptors (Lipinski definition) is 11. The number of carboxylic acids is 1. The summed E-state index contributed by atoms with van der Waals surface area (Å²) in [5, 5.41) is 10.1. The first-order valence-corrected chi connectivity index (χ1v) is 10.3. The molecule has 0 saturated heterocycles. The highest BCUT2D eigenvalue weighted by Gasteiger charge is 2.25. The molecule has 0 aliphatic carbocycles. The summed E-state index contributed by atoms with van der Waals surface area (Å²) < 4.78 is 32.1. The van der Waals surface area contributed by atoms with Crippen LogP contribution in [0.1, 0.15) is 29.3 Å². The van der Waals surface area contributed by atoms with E-state index in [-0.39, 0.29) is 52.6 Å². The molecule has 0 atom stereocenters.